The third kappa shape index (κ3) is 2.83. The van der Waals surface area contributed by atoms with E-state index >= 15 is 0 Å². The number of nitrogens with two attached hydrogens (primary N) is 2. The van der Waals surface area contributed by atoms with Crippen molar-refractivity contribution in [2.24, 2.45) is 11.6 Å². The van der Waals surface area contributed by atoms with Crippen LogP contribution in [0.15, 0.2) is 47.8 Å². The predicted octanol–water partition coefficient (Wildman–Crippen LogP) is 1.46. The first-order valence-electron chi connectivity index (χ1n) is 6.39. The number of nitrogens with zero attached hydrogens (tertiary/aromatic N) is 1. The van der Waals surface area contributed by atoms with E-state index in [4.69, 9.17) is 16.3 Å². The summed E-state index contributed by atoms with van der Waals surface area (Å²) in [6.07, 6.45) is 1.01. The van der Waals surface area contributed by atoms with Gasteiger partial charge >= 0.3 is 0 Å². The summed E-state index contributed by atoms with van der Waals surface area (Å²) in [7, 11) is 1.62. The molecule has 4 N–H and O–H groups in total. The number of ether oxygens (including phenoxy) is 1. The lowest BCUT2D eigenvalue weighted by Gasteiger charge is -2.28. The largest absolute Gasteiger partial charge is 0.497 e. The summed E-state index contributed by atoms with van der Waals surface area (Å²) in [6.45, 7) is 4.39. The fourth-order valence-electron chi connectivity index (χ4n) is 2.20. The molecule has 5 heteroatoms. The molecule has 106 valence electrons. The van der Waals surface area contributed by atoms with Gasteiger partial charge in [-0.25, -0.2) is 5.84 Å². The molecule has 0 spiro atoms. The Morgan fingerprint density at radius 2 is 1.95 bits per heavy atom. The zero-order chi connectivity index (χ0) is 14.7. The monoisotopic (exact) mass is 273 g/mol. The van der Waals surface area contributed by atoms with Crippen molar-refractivity contribution in [3.05, 3.63) is 53.4 Å². The van der Waals surface area contributed by atoms with Crippen molar-refractivity contribution in [2.75, 3.05) is 7.11 Å². The van der Waals surface area contributed by atoms with Gasteiger partial charge in [-0.2, -0.15) is 0 Å². The number of carbonyl (C=O) groups is 1. The molecule has 0 atom stereocenters. The molecule has 0 amide bonds. The van der Waals surface area contributed by atoms with Crippen LogP contribution in [-0.4, -0.2) is 17.9 Å². The van der Waals surface area contributed by atoms with E-state index in [1.165, 1.54) is 5.01 Å². The number of Topliss-reactive ketones (excluding diaryl/α,β-unsaturated/α-hetero) is 1. The van der Waals surface area contributed by atoms with Gasteiger partial charge in [-0.15, -0.1) is 0 Å². The number of hydrazine groups is 1. The Bertz CT molecular complexity index is 561. The number of hydrogen-bond donors (Lipinski definition) is 2. The van der Waals surface area contributed by atoms with Crippen molar-refractivity contribution in [1.82, 2.24) is 5.01 Å². The van der Waals surface area contributed by atoms with Crippen LogP contribution in [-0.2, 0) is 11.3 Å². The highest BCUT2D eigenvalue weighted by atomic mass is 16.5. The summed E-state index contributed by atoms with van der Waals surface area (Å²) in [5.41, 5.74) is 8.40. The normalized spacial score (nSPS) is 15.5. The number of carbonyl (C=O) groups excluding carboxylic acids is 1. The van der Waals surface area contributed by atoms with Crippen LogP contribution in [0.5, 0.6) is 5.75 Å². The summed E-state index contributed by atoms with van der Waals surface area (Å²) in [5.74, 6) is 6.76. The predicted molar refractivity (Wildman–Crippen MR) is 77.3 cm³/mol. The van der Waals surface area contributed by atoms with E-state index in [1.807, 2.05) is 24.3 Å². The van der Waals surface area contributed by atoms with Gasteiger partial charge in [-0.3, -0.25) is 4.79 Å². The molecule has 1 aliphatic rings. The molecular formula is C15H19N3O2. The molecule has 0 saturated heterocycles. The summed E-state index contributed by atoms with van der Waals surface area (Å²) in [6, 6.07) is 7.56. The van der Waals surface area contributed by atoms with E-state index < -0.39 is 0 Å². The molecule has 0 aromatic heterocycles. The number of allylic oxidation sites excluding steroid dienone is 2. The Labute approximate surface area is 118 Å². The lowest BCUT2D eigenvalue weighted by atomic mass is 9.95. The summed E-state index contributed by atoms with van der Waals surface area (Å²) in [4.78, 5) is 11.7. The van der Waals surface area contributed by atoms with Crippen molar-refractivity contribution in [2.45, 2.75) is 19.4 Å². The first-order valence-corrected chi connectivity index (χ1v) is 6.39. The third-order valence-corrected chi connectivity index (χ3v) is 3.34. The lowest BCUT2D eigenvalue weighted by Crippen LogP contribution is -2.36. The van der Waals surface area contributed by atoms with Crippen molar-refractivity contribution in [1.29, 1.82) is 0 Å². The lowest BCUT2D eigenvalue weighted by molar-refractivity contribution is -0.116. The van der Waals surface area contributed by atoms with E-state index in [-0.39, 0.29) is 11.5 Å². The maximum absolute atomic E-state index is 11.7. The fraction of sp³-hybridized carbons (Fsp3) is 0.267. The van der Waals surface area contributed by atoms with Crippen LogP contribution >= 0.6 is 0 Å². The van der Waals surface area contributed by atoms with Crippen LogP contribution in [0.25, 0.3) is 0 Å². The third-order valence-electron chi connectivity index (χ3n) is 3.34. The molecule has 1 aliphatic carbocycles. The average molecular weight is 273 g/mol. The summed E-state index contributed by atoms with van der Waals surface area (Å²) in [5, 5.41) is 1.48. The van der Waals surface area contributed by atoms with Gasteiger partial charge < -0.3 is 15.5 Å². The first-order chi connectivity index (χ1) is 9.52. The maximum Gasteiger partial charge on any atom is 0.180 e. The van der Waals surface area contributed by atoms with Gasteiger partial charge in [0.05, 0.1) is 19.4 Å². The van der Waals surface area contributed by atoms with E-state index in [1.54, 1.807) is 7.11 Å². The molecule has 2 rings (SSSR count). The highest BCUT2D eigenvalue weighted by molar-refractivity contribution is 5.97. The van der Waals surface area contributed by atoms with Crippen LogP contribution in [0.2, 0.25) is 0 Å². The SMILES string of the molecule is C=C1CCC(=O)C(N)=C1N(N)Cc1ccc(OC)cc1. The number of methoxy groups -OCH3 is 1. The highest BCUT2D eigenvalue weighted by Crippen LogP contribution is 2.26. The molecule has 0 unspecified atom stereocenters. The molecule has 0 fully saturated rings. The van der Waals surface area contributed by atoms with E-state index in [2.05, 4.69) is 6.58 Å². The van der Waals surface area contributed by atoms with Crippen molar-refractivity contribution >= 4 is 5.78 Å². The van der Waals surface area contributed by atoms with Gasteiger partial charge in [-0.05, 0) is 29.7 Å². The maximum atomic E-state index is 11.7. The Morgan fingerprint density at radius 1 is 1.30 bits per heavy atom. The van der Waals surface area contributed by atoms with Crippen molar-refractivity contribution in [3.8, 4) is 5.75 Å². The number of hydrogen-bond acceptors (Lipinski definition) is 5. The Morgan fingerprint density at radius 3 is 2.55 bits per heavy atom. The summed E-state index contributed by atoms with van der Waals surface area (Å²) < 4.78 is 5.11. The van der Waals surface area contributed by atoms with Crippen LogP contribution in [0.1, 0.15) is 18.4 Å². The molecule has 20 heavy (non-hydrogen) atoms. The molecule has 1 aromatic rings. The minimum atomic E-state index is -0.0717. The Balaban J connectivity index is 2.18. The smallest absolute Gasteiger partial charge is 0.180 e. The average Bonchev–Trinajstić information content (AvgIpc) is 2.44. The summed E-state index contributed by atoms with van der Waals surface area (Å²) >= 11 is 0. The van der Waals surface area contributed by atoms with Crippen molar-refractivity contribution < 1.29 is 9.53 Å². The highest BCUT2D eigenvalue weighted by Gasteiger charge is 2.24. The topological polar surface area (TPSA) is 81.6 Å². The van der Waals surface area contributed by atoms with Crippen LogP contribution < -0.4 is 16.3 Å². The molecule has 0 bridgehead atoms. The van der Waals surface area contributed by atoms with Crippen molar-refractivity contribution in [3.63, 3.8) is 0 Å². The fourth-order valence-corrected chi connectivity index (χ4v) is 2.20. The minimum absolute atomic E-state index is 0.0717. The minimum Gasteiger partial charge on any atom is -0.497 e. The number of benzene rings is 1. The number of ketones is 1. The van der Waals surface area contributed by atoms with E-state index in [0.29, 0.717) is 25.1 Å². The molecule has 0 aliphatic heterocycles. The van der Waals surface area contributed by atoms with E-state index in [9.17, 15) is 4.79 Å². The Kier molecular flexibility index (Phi) is 4.10. The standard InChI is InChI=1S/C15H19N3O2/c1-10-3-8-13(19)14(16)15(10)18(17)9-11-4-6-12(20-2)7-5-11/h4-7H,1,3,8-9,16-17H2,2H3. The molecule has 0 saturated carbocycles. The van der Waals surface area contributed by atoms with Crippen LogP contribution in [0.4, 0.5) is 0 Å². The zero-order valence-electron chi connectivity index (χ0n) is 11.6. The first kappa shape index (κ1) is 14.1. The van der Waals surface area contributed by atoms with E-state index in [0.717, 1.165) is 16.9 Å². The molecule has 1 aromatic carbocycles. The number of rotatable bonds is 4. The molecule has 0 radical (unpaired) electrons. The van der Waals surface area contributed by atoms with Crippen LogP contribution in [0, 0.1) is 0 Å². The second-order valence-electron chi connectivity index (χ2n) is 4.76. The van der Waals surface area contributed by atoms with Gasteiger partial charge in [0.15, 0.2) is 5.78 Å². The molecular weight excluding hydrogens is 254 g/mol. The quantitative estimate of drug-likeness (QED) is 0.641. The second kappa shape index (κ2) is 5.79. The van der Waals surface area contributed by atoms with Crippen LogP contribution in [0.3, 0.4) is 0 Å². The van der Waals surface area contributed by atoms with Gasteiger partial charge in [0.2, 0.25) is 0 Å². The second-order valence-corrected chi connectivity index (χ2v) is 4.76. The van der Waals surface area contributed by atoms with Gasteiger partial charge in [0, 0.05) is 6.42 Å². The van der Waals surface area contributed by atoms with Gasteiger partial charge in [0.25, 0.3) is 0 Å². The molecule has 5 nitrogen and oxygen atoms in total. The van der Waals surface area contributed by atoms with Gasteiger partial charge in [-0.1, -0.05) is 18.7 Å². The Hall–Kier alpha value is -2.27. The van der Waals surface area contributed by atoms with Gasteiger partial charge in [0.1, 0.15) is 11.4 Å². The molecule has 0 heterocycles. The zero-order valence-corrected chi connectivity index (χ0v) is 11.6.